The number of carbonyl (C=O) groups is 3. The van der Waals surface area contributed by atoms with E-state index in [2.05, 4.69) is 19.2 Å². The zero-order valence-electron chi connectivity index (χ0n) is 37.7. The van der Waals surface area contributed by atoms with Crippen molar-refractivity contribution in [3.05, 3.63) is 0 Å². The lowest BCUT2D eigenvalue weighted by molar-refractivity contribution is -0.161. The molecule has 344 valence electrons. The van der Waals surface area contributed by atoms with Gasteiger partial charge >= 0.3 is 25.9 Å². The molecule has 2 N–H and O–H groups in total. The molecule has 0 aliphatic rings. The zero-order valence-corrected chi connectivity index (χ0v) is 38.6. The summed E-state index contributed by atoms with van der Waals surface area (Å²) in [5.74, 6) is -0.877. The Bertz CT molecular complexity index is 984. The molecule has 0 bridgehead atoms. The molecule has 0 saturated heterocycles. The largest absolute Gasteiger partial charge is 0.472 e. The van der Waals surface area contributed by atoms with E-state index in [1.807, 2.05) is 0 Å². The molecule has 0 fully saturated rings. The average Bonchev–Trinajstić information content (AvgIpc) is 3.20. The Hall–Kier alpha value is -1.68. The van der Waals surface area contributed by atoms with Crippen molar-refractivity contribution in [3.63, 3.8) is 0 Å². The number of rotatable bonds is 45. The summed E-state index contributed by atoms with van der Waals surface area (Å²) < 4.78 is 38.1. The SMILES string of the molecule is CCCCCCCCCCCCCCCCCCCC(=O)OC[C@H](COP(=O)(O)OCCNC(=O)OCC)OC(=O)CCCCCCCCCCCCCCCCC. The van der Waals surface area contributed by atoms with Crippen LogP contribution >= 0.6 is 7.82 Å². The fourth-order valence-corrected chi connectivity index (χ4v) is 7.72. The van der Waals surface area contributed by atoms with Crippen LogP contribution in [0.3, 0.4) is 0 Å². The summed E-state index contributed by atoms with van der Waals surface area (Å²) in [6.07, 6.45) is 38.6. The van der Waals surface area contributed by atoms with Crippen molar-refractivity contribution in [3.8, 4) is 0 Å². The Balaban J connectivity index is 4.33. The maximum Gasteiger partial charge on any atom is 0.472 e. The highest BCUT2D eigenvalue weighted by Crippen LogP contribution is 2.43. The monoisotopic (exact) mass is 848 g/mol. The topological polar surface area (TPSA) is 147 Å². The predicted octanol–water partition coefficient (Wildman–Crippen LogP) is 13.6. The summed E-state index contributed by atoms with van der Waals surface area (Å²) in [7, 11) is -4.54. The highest BCUT2D eigenvalue weighted by atomic mass is 31.2. The summed E-state index contributed by atoms with van der Waals surface area (Å²) in [5, 5.41) is 2.38. The van der Waals surface area contributed by atoms with Gasteiger partial charge in [0.15, 0.2) is 6.10 Å². The second-order valence-electron chi connectivity index (χ2n) is 16.1. The average molecular weight is 848 g/mol. The lowest BCUT2D eigenvalue weighted by Gasteiger charge is -2.20. The minimum Gasteiger partial charge on any atom is -0.462 e. The molecule has 1 amide bonds. The van der Waals surface area contributed by atoms with E-state index in [0.29, 0.717) is 6.42 Å². The van der Waals surface area contributed by atoms with Crippen molar-refractivity contribution in [2.24, 2.45) is 0 Å². The van der Waals surface area contributed by atoms with E-state index < -0.39 is 38.6 Å². The Morgan fingerprint density at radius 1 is 0.483 bits per heavy atom. The first-order valence-corrected chi connectivity index (χ1v) is 25.6. The standard InChI is InChI=1S/C46H90NO10P/c1-4-7-9-11-13-15-17-19-21-22-24-25-27-29-31-33-35-37-44(48)54-41-43(42-56-58(51,52)55-40-39-47-46(50)53-6-3)57-45(49)38-36-34-32-30-28-26-23-20-18-16-14-12-10-8-5-2/h43H,4-42H2,1-3H3,(H,47,50)(H,51,52)/t43-/m1/s1. The fourth-order valence-electron chi connectivity index (χ4n) is 6.96. The third kappa shape index (κ3) is 42.4. The van der Waals surface area contributed by atoms with Crippen LogP contribution in [-0.4, -0.2) is 62.0 Å². The number of hydrogen-bond donors (Lipinski definition) is 2. The maximum atomic E-state index is 12.7. The van der Waals surface area contributed by atoms with E-state index in [1.54, 1.807) is 6.92 Å². The number of carbonyl (C=O) groups excluding carboxylic acids is 3. The van der Waals surface area contributed by atoms with Gasteiger partial charge in [-0.1, -0.05) is 206 Å². The quantitative estimate of drug-likeness (QED) is 0.0263. The van der Waals surface area contributed by atoms with Crippen LogP contribution in [0.15, 0.2) is 0 Å². The summed E-state index contributed by atoms with van der Waals surface area (Å²) >= 11 is 0. The number of phosphoric acid groups is 1. The molecule has 2 atom stereocenters. The highest BCUT2D eigenvalue weighted by Gasteiger charge is 2.26. The van der Waals surface area contributed by atoms with Gasteiger partial charge in [-0.2, -0.15) is 0 Å². The molecule has 1 unspecified atom stereocenters. The minimum absolute atomic E-state index is 0.0680. The molecule has 0 rings (SSSR count). The lowest BCUT2D eigenvalue weighted by atomic mass is 10.0. The van der Waals surface area contributed by atoms with Crippen molar-refractivity contribution >= 4 is 25.9 Å². The minimum atomic E-state index is -4.54. The van der Waals surface area contributed by atoms with Crippen LogP contribution in [0, 0.1) is 0 Å². The van der Waals surface area contributed by atoms with Crippen molar-refractivity contribution < 1.29 is 47.1 Å². The van der Waals surface area contributed by atoms with Crippen molar-refractivity contribution in [2.75, 3.05) is 33.0 Å². The third-order valence-corrected chi connectivity index (χ3v) is 11.5. The third-order valence-electron chi connectivity index (χ3n) is 10.5. The number of amides is 1. The molecule has 0 aromatic rings. The fraction of sp³-hybridized carbons (Fsp3) is 0.935. The highest BCUT2D eigenvalue weighted by molar-refractivity contribution is 7.47. The van der Waals surface area contributed by atoms with E-state index in [1.165, 1.54) is 161 Å². The number of esters is 2. The molecule has 0 radical (unpaired) electrons. The van der Waals surface area contributed by atoms with Crippen LogP contribution in [-0.2, 0) is 37.4 Å². The summed E-state index contributed by atoms with van der Waals surface area (Å²) in [6.45, 7) is 5.23. The van der Waals surface area contributed by atoms with Crippen LogP contribution in [0.1, 0.15) is 239 Å². The number of alkyl carbamates (subject to hydrolysis) is 1. The number of hydrogen-bond acceptors (Lipinski definition) is 9. The van der Waals surface area contributed by atoms with Crippen molar-refractivity contribution in [1.82, 2.24) is 5.32 Å². The molecule has 0 aliphatic heterocycles. The number of phosphoric ester groups is 1. The lowest BCUT2D eigenvalue weighted by Crippen LogP contribution is -2.30. The van der Waals surface area contributed by atoms with Gasteiger partial charge in [-0.05, 0) is 19.8 Å². The Labute approximate surface area is 355 Å². The van der Waals surface area contributed by atoms with Gasteiger partial charge in [0.25, 0.3) is 0 Å². The summed E-state index contributed by atoms with van der Waals surface area (Å²) in [6, 6.07) is 0. The van der Waals surface area contributed by atoms with Crippen molar-refractivity contribution in [2.45, 2.75) is 245 Å². The van der Waals surface area contributed by atoms with Crippen LogP contribution in [0.5, 0.6) is 0 Å². The van der Waals surface area contributed by atoms with E-state index in [0.717, 1.165) is 38.5 Å². The van der Waals surface area contributed by atoms with Gasteiger partial charge in [0, 0.05) is 19.4 Å². The first-order chi connectivity index (χ1) is 28.2. The molecule has 58 heavy (non-hydrogen) atoms. The van der Waals surface area contributed by atoms with Gasteiger partial charge in [0.05, 0.1) is 19.8 Å². The number of unbranched alkanes of at least 4 members (excludes halogenated alkanes) is 30. The molecule has 12 heteroatoms. The molecule has 0 saturated carbocycles. The number of nitrogens with one attached hydrogen (secondary N) is 1. The van der Waals surface area contributed by atoms with Gasteiger partial charge in [0.2, 0.25) is 0 Å². The number of ether oxygens (including phenoxy) is 3. The van der Waals surface area contributed by atoms with Crippen molar-refractivity contribution in [1.29, 1.82) is 0 Å². The zero-order chi connectivity index (χ0) is 42.6. The molecular formula is C46H90NO10P. The Morgan fingerprint density at radius 3 is 1.22 bits per heavy atom. The summed E-state index contributed by atoms with van der Waals surface area (Å²) in [5.41, 5.74) is 0. The smallest absolute Gasteiger partial charge is 0.462 e. The van der Waals surface area contributed by atoms with Crippen LogP contribution in [0.25, 0.3) is 0 Å². The molecule has 0 aromatic heterocycles. The molecule has 0 heterocycles. The van der Waals surface area contributed by atoms with E-state index in [9.17, 15) is 23.8 Å². The van der Waals surface area contributed by atoms with Crippen LogP contribution in [0.2, 0.25) is 0 Å². The molecular weight excluding hydrogens is 757 g/mol. The van der Waals surface area contributed by atoms with Gasteiger partial charge < -0.3 is 24.4 Å². The normalized spacial score (nSPS) is 12.9. The van der Waals surface area contributed by atoms with E-state index in [4.69, 9.17) is 23.3 Å². The summed E-state index contributed by atoms with van der Waals surface area (Å²) in [4.78, 5) is 46.8. The second-order valence-corrected chi connectivity index (χ2v) is 17.6. The van der Waals surface area contributed by atoms with E-state index >= 15 is 0 Å². The van der Waals surface area contributed by atoms with Crippen LogP contribution < -0.4 is 5.32 Å². The van der Waals surface area contributed by atoms with Gasteiger partial charge in [-0.25, -0.2) is 9.36 Å². The van der Waals surface area contributed by atoms with Gasteiger partial charge in [-0.3, -0.25) is 18.6 Å². The molecule has 11 nitrogen and oxygen atoms in total. The maximum absolute atomic E-state index is 12.7. The second kappa shape index (κ2) is 43.4. The molecule has 0 spiro atoms. The van der Waals surface area contributed by atoms with E-state index in [-0.39, 0.29) is 39.2 Å². The Kier molecular flexibility index (Phi) is 42.2. The van der Waals surface area contributed by atoms with Gasteiger partial charge in [-0.15, -0.1) is 0 Å². The van der Waals surface area contributed by atoms with Crippen LogP contribution in [0.4, 0.5) is 4.79 Å². The predicted molar refractivity (Wildman–Crippen MR) is 236 cm³/mol. The first kappa shape index (κ1) is 56.3. The van der Waals surface area contributed by atoms with Gasteiger partial charge in [0.1, 0.15) is 6.61 Å². The first-order valence-electron chi connectivity index (χ1n) is 24.1. The Morgan fingerprint density at radius 2 is 0.845 bits per heavy atom. The molecule has 0 aliphatic carbocycles. The molecule has 0 aromatic carbocycles.